The molecule has 4 heterocycles. The molecule has 9 nitrogen and oxygen atoms in total. The summed E-state index contributed by atoms with van der Waals surface area (Å²) >= 11 is 1.44. The number of aromatic amines is 1. The molecule has 28 heavy (non-hydrogen) atoms. The summed E-state index contributed by atoms with van der Waals surface area (Å²) in [6, 6.07) is 1.90. The van der Waals surface area contributed by atoms with Gasteiger partial charge in [-0.3, -0.25) is 5.10 Å². The molecule has 0 bridgehead atoms. The highest BCUT2D eigenvalue weighted by Crippen LogP contribution is 2.31. The van der Waals surface area contributed by atoms with Crippen LogP contribution < -0.4 is 4.90 Å². The summed E-state index contributed by atoms with van der Waals surface area (Å²) in [6.45, 7) is 3.96. The van der Waals surface area contributed by atoms with Crippen LogP contribution >= 0.6 is 11.3 Å². The molecule has 0 unspecified atom stereocenters. The van der Waals surface area contributed by atoms with E-state index in [0.717, 1.165) is 15.4 Å². The molecule has 1 atom stereocenters. The lowest BCUT2D eigenvalue weighted by atomic mass is 10.2. The lowest BCUT2D eigenvalue weighted by Crippen LogP contribution is -2.44. The Labute approximate surface area is 166 Å². The van der Waals surface area contributed by atoms with Crippen molar-refractivity contribution in [1.29, 1.82) is 0 Å². The van der Waals surface area contributed by atoms with E-state index in [9.17, 15) is 8.42 Å². The van der Waals surface area contributed by atoms with E-state index in [2.05, 4.69) is 32.0 Å². The number of morpholine rings is 1. The number of anilines is 1. The van der Waals surface area contributed by atoms with E-state index < -0.39 is 9.84 Å². The Morgan fingerprint density at radius 1 is 1.36 bits per heavy atom. The third-order valence-electron chi connectivity index (χ3n) is 4.31. The summed E-state index contributed by atoms with van der Waals surface area (Å²) < 4.78 is 29.2. The maximum absolute atomic E-state index is 11.8. The van der Waals surface area contributed by atoms with Crippen molar-refractivity contribution in [2.24, 2.45) is 0 Å². The Bertz CT molecular complexity index is 1060. The fraction of sp³-hybridized carbons (Fsp3) is 0.412. The number of H-pyrrole nitrogens is 1. The molecule has 0 spiro atoms. The number of thiazole rings is 1. The van der Waals surface area contributed by atoms with Gasteiger partial charge in [-0.15, -0.1) is 11.3 Å². The molecule has 1 aliphatic rings. The summed E-state index contributed by atoms with van der Waals surface area (Å²) in [5.74, 6) is 1.04. The molecule has 0 amide bonds. The van der Waals surface area contributed by atoms with E-state index in [0.29, 0.717) is 37.1 Å². The van der Waals surface area contributed by atoms with Crippen LogP contribution in [0.25, 0.3) is 21.3 Å². The fourth-order valence-electron chi connectivity index (χ4n) is 3.03. The van der Waals surface area contributed by atoms with Crippen molar-refractivity contribution in [2.75, 3.05) is 30.9 Å². The van der Waals surface area contributed by atoms with Crippen molar-refractivity contribution >= 4 is 27.0 Å². The van der Waals surface area contributed by atoms with Crippen LogP contribution in [0.3, 0.4) is 0 Å². The van der Waals surface area contributed by atoms with Crippen LogP contribution in [0.2, 0.25) is 0 Å². The van der Waals surface area contributed by atoms with Gasteiger partial charge >= 0.3 is 0 Å². The first-order valence-electron chi connectivity index (χ1n) is 8.74. The average molecular weight is 421 g/mol. The maximum atomic E-state index is 11.8. The number of hydrogen-bond donors (Lipinski definition) is 1. The summed E-state index contributed by atoms with van der Waals surface area (Å²) in [5, 5.41) is 7.51. The van der Waals surface area contributed by atoms with Gasteiger partial charge in [0.2, 0.25) is 0 Å². The maximum Gasteiger partial charge on any atom is 0.173 e. The minimum atomic E-state index is -3.23. The summed E-state index contributed by atoms with van der Waals surface area (Å²) in [4.78, 5) is 16.5. The van der Waals surface area contributed by atoms with Crippen LogP contribution in [0.1, 0.15) is 12.6 Å². The molecular weight excluding hydrogens is 400 g/mol. The van der Waals surface area contributed by atoms with Crippen molar-refractivity contribution in [3.8, 4) is 21.3 Å². The third-order valence-corrected chi connectivity index (χ3v) is 6.17. The molecule has 1 N–H and O–H groups in total. The van der Waals surface area contributed by atoms with Gasteiger partial charge in [-0.05, 0) is 6.92 Å². The summed E-state index contributed by atoms with van der Waals surface area (Å²) in [5.41, 5.74) is 1.35. The lowest BCUT2D eigenvalue weighted by Gasteiger charge is -2.34. The quantitative estimate of drug-likeness (QED) is 0.664. The Morgan fingerprint density at radius 3 is 2.93 bits per heavy atom. The van der Waals surface area contributed by atoms with Gasteiger partial charge in [-0.25, -0.2) is 23.4 Å². The average Bonchev–Trinajstić information content (AvgIpc) is 3.32. The molecule has 11 heteroatoms. The highest BCUT2D eigenvalue weighted by atomic mass is 32.2. The minimum absolute atomic E-state index is 0.137. The van der Waals surface area contributed by atoms with Crippen LogP contribution in [0.4, 0.5) is 5.82 Å². The molecule has 1 fully saturated rings. The number of rotatable bonds is 5. The molecule has 3 aromatic rings. The molecule has 4 rings (SSSR count). The SMILES string of the molecule is C[C@H]1COCCN1c1cc(CS(C)(=O)=O)nc(-c2cnc(-c3cn[nH]c3)s2)n1. The number of nitrogens with zero attached hydrogens (tertiary/aromatic N) is 5. The number of nitrogens with one attached hydrogen (secondary N) is 1. The zero-order valence-corrected chi connectivity index (χ0v) is 17.1. The largest absolute Gasteiger partial charge is 0.377 e. The van der Waals surface area contributed by atoms with E-state index in [4.69, 9.17) is 9.72 Å². The van der Waals surface area contributed by atoms with Crippen molar-refractivity contribution in [3.05, 3.63) is 30.4 Å². The van der Waals surface area contributed by atoms with Gasteiger partial charge in [0.15, 0.2) is 15.7 Å². The van der Waals surface area contributed by atoms with Crippen molar-refractivity contribution in [1.82, 2.24) is 25.1 Å². The zero-order chi connectivity index (χ0) is 19.7. The Kier molecular flexibility index (Phi) is 5.13. The van der Waals surface area contributed by atoms with Gasteiger partial charge in [0, 0.05) is 36.8 Å². The molecule has 1 saturated heterocycles. The lowest BCUT2D eigenvalue weighted by molar-refractivity contribution is 0.0985. The zero-order valence-electron chi connectivity index (χ0n) is 15.5. The summed E-state index contributed by atoms with van der Waals surface area (Å²) in [6.07, 6.45) is 6.38. The van der Waals surface area contributed by atoms with Crippen LogP contribution in [-0.4, -0.2) is 65.6 Å². The second-order valence-corrected chi connectivity index (χ2v) is 9.92. The molecular formula is C17H20N6O3S2. The Morgan fingerprint density at radius 2 is 2.21 bits per heavy atom. The van der Waals surface area contributed by atoms with Crippen LogP contribution in [0.5, 0.6) is 0 Å². The summed E-state index contributed by atoms with van der Waals surface area (Å²) in [7, 11) is -3.23. The van der Waals surface area contributed by atoms with Gasteiger partial charge in [0.05, 0.1) is 41.8 Å². The van der Waals surface area contributed by atoms with Crippen LogP contribution in [0.15, 0.2) is 24.7 Å². The second-order valence-electron chi connectivity index (χ2n) is 6.75. The van der Waals surface area contributed by atoms with Gasteiger partial charge in [0.25, 0.3) is 0 Å². The molecule has 0 aliphatic carbocycles. The number of ether oxygens (including phenoxy) is 1. The monoisotopic (exact) mass is 420 g/mol. The Balaban J connectivity index is 1.75. The van der Waals surface area contributed by atoms with E-state index in [-0.39, 0.29) is 11.8 Å². The molecule has 1 aliphatic heterocycles. The number of hydrogen-bond acceptors (Lipinski definition) is 9. The normalized spacial score (nSPS) is 17.8. The van der Waals surface area contributed by atoms with Crippen molar-refractivity contribution < 1.29 is 13.2 Å². The Hall–Kier alpha value is -2.37. The van der Waals surface area contributed by atoms with E-state index in [1.807, 2.05) is 0 Å². The highest BCUT2D eigenvalue weighted by molar-refractivity contribution is 7.89. The standard InChI is InChI=1S/C17H20N6O3S2/c1-11-9-26-4-3-23(11)15-5-13(10-28(2,24)25)21-16(22-15)14-8-18-17(27-14)12-6-19-20-7-12/h5-8,11H,3-4,9-10H2,1-2H3,(H,19,20)/t11-/m0/s1. The van der Waals surface area contributed by atoms with E-state index in [1.165, 1.54) is 17.6 Å². The predicted octanol–water partition coefficient (Wildman–Crippen LogP) is 1.76. The molecule has 0 radical (unpaired) electrons. The first kappa shape index (κ1) is 19.0. The van der Waals surface area contributed by atoms with Gasteiger partial charge in [-0.1, -0.05) is 0 Å². The van der Waals surface area contributed by atoms with Gasteiger partial charge in [-0.2, -0.15) is 5.10 Å². The van der Waals surface area contributed by atoms with Crippen molar-refractivity contribution in [3.63, 3.8) is 0 Å². The highest BCUT2D eigenvalue weighted by Gasteiger charge is 2.23. The van der Waals surface area contributed by atoms with Gasteiger partial charge in [0.1, 0.15) is 10.8 Å². The van der Waals surface area contributed by atoms with E-state index >= 15 is 0 Å². The molecule has 148 valence electrons. The first-order valence-corrected chi connectivity index (χ1v) is 11.6. The second kappa shape index (κ2) is 7.57. The first-order chi connectivity index (χ1) is 13.4. The number of aromatic nitrogens is 5. The molecule has 0 aromatic carbocycles. The topological polar surface area (TPSA) is 114 Å². The minimum Gasteiger partial charge on any atom is -0.377 e. The predicted molar refractivity (Wildman–Crippen MR) is 107 cm³/mol. The third kappa shape index (κ3) is 4.21. The smallest absolute Gasteiger partial charge is 0.173 e. The fourth-order valence-corrected chi connectivity index (χ4v) is 4.55. The van der Waals surface area contributed by atoms with Gasteiger partial charge < -0.3 is 9.64 Å². The van der Waals surface area contributed by atoms with Crippen molar-refractivity contribution in [2.45, 2.75) is 18.7 Å². The van der Waals surface area contributed by atoms with E-state index in [1.54, 1.807) is 24.7 Å². The molecule has 0 saturated carbocycles. The molecule has 3 aromatic heterocycles. The van der Waals surface area contributed by atoms with Crippen LogP contribution in [0, 0.1) is 0 Å². The number of sulfone groups is 1. The van der Waals surface area contributed by atoms with Crippen LogP contribution in [-0.2, 0) is 20.3 Å².